The molecule has 0 bridgehead atoms. The first-order valence-corrected chi connectivity index (χ1v) is 6.09. The average Bonchev–Trinajstić information content (AvgIpc) is 2.45. The quantitative estimate of drug-likeness (QED) is 0.478. The third-order valence-corrected chi connectivity index (χ3v) is 2.80. The molecule has 1 aromatic carbocycles. The van der Waals surface area contributed by atoms with Crippen LogP contribution in [0, 0.1) is 10.1 Å². The summed E-state index contributed by atoms with van der Waals surface area (Å²) in [6, 6.07) is 8.09. The molecule has 0 spiro atoms. The maximum Gasteiger partial charge on any atom is 0.270 e. The molecular weight excluding hydrogens is 268 g/mol. The second-order valence-electron chi connectivity index (χ2n) is 3.83. The highest BCUT2D eigenvalue weighted by Crippen LogP contribution is 2.26. The van der Waals surface area contributed by atoms with E-state index in [0.717, 1.165) is 5.56 Å². The first-order valence-electron chi connectivity index (χ1n) is 5.55. The third-order valence-electron chi connectivity index (χ3n) is 2.52. The summed E-state index contributed by atoms with van der Waals surface area (Å²) in [6.07, 6.45) is 3.38. The Balaban J connectivity index is 2.14. The van der Waals surface area contributed by atoms with Gasteiger partial charge in [-0.25, -0.2) is 0 Å². The van der Waals surface area contributed by atoms with Crippen molar-refractivity contribution in [3.63, 3.8) is 0 Å². The van der Waals surface area contributed by atoms with Crippen molar-refractivity contribution in [3.8, 4) is 5.75 Å². The van der Waals surface area contributed by atoms with E-state index >= 15 is 0 Å². The van der Waals surface area contributed by atoms with Crippen LogP contribution in [-0.2, 0) is 12.5 Å². The van der Waals surface area contributed by atoms with Crippen LogP contribution in [-0.4, -0.2) is 9.91 Å². The first-order chi connectivity index (χ1) is 9.20. The smallest absolute Gasteiger partial charge is 0.270 e. The summed E-state index contributed by atoms with van der Waals surface area (Å²) in [6.45, 7) is 0.343. The van der Waals surface area contributed by atoms with E-state index in [1.54, 1.807) is 18.5 Å². The molecular formula is C13H11ClN2O3. The number of nitro benzene ring substituents is 1. The molecule has 0 aliphatic heterocycles. The van der Waals surface area contributed by atoms with Crippen molar-refractivity contribution in [2.45, 2.75) is 12.5 Å². The van der Waals surface area contributed by atoms with Gasteiger partial charge < -0.3 is 4.74 Å². The van der Waals surface area contributed by atoms with E-state index in [1.807, 2.05) is 12.1 Å². The first kappa shape index (κ1) is 13.3. The van der Waals surface area contributed by atoms with Gasteiger partial charge in [0, 0.05) is 35.7 Å². The zero-order valence-electron chi connectivity index (χ0n) is 9.95. The van der Waals surface area contributed by atoms with Crippen molar-refractivity contribution in [2.24, 2.45) is 0 Å². The summed E-state index contributed by atoms with van der Waals surface area (Å²) in [7, 11) is 0. The highest BCUT2D eigenvalue weighted by molar-refractivity contribution is 6.17. The molecule has 0 radical (unpaired) electrons. The lowest BCUT2D eigenvalue weighted by molar-refractivity contribution is -0.384. The maximum absolute atomic E-state index is 10.7. The summed E-state index contributed by atoms with van der Waals surface area (Å²) < 4.78 is 5.60. The van der Waals surface area contributed by atoms with E-state index in [9.17, 15) is 10.1 Å². The lowest BCUT2D eigenvalue weighted by Gasteiger charge is -2.09. The van der Waals surface area contributed by atoms with Gasteiger partial charge in [0.25, 0.3) is 5.69 Å². The van der Waals surface area contributed by atoms with E-state index in [4.69, 9.17) is 16.3 Å². The number of nitrogens with zero attached hydrogens (tertiary/aromatic N) is 2. The fraction of sp³-hybridized carbons (Fsp3) is 0.154. The Kier molecular flexibility index (Phi) is 4.30. The van der Waals surface area contributed by atoms with Crippen molar-refractivity contribution in [1.82, 2.24) is 4.98 Å². The lowest BCUT2D eigenvalue weighted by atomic mass is 10.2. The van der Waals surface area contributed by atoms with E-state index in [2.05, 4.69) is 4.98 Å². The zero-order chi connectivity index (χ0) is 13.7. The molecule has 0 unspecified atom stereocenters. The minimum atomic E-state index is -0.457. The van der Waals surface area contributed by atoms with Crippen LogP contribution in [0.1, 0.15) is 11.1 Å². The van der Waals surface area contributed by atoms with Gasteiger partial charge in [0.15, 0.2) is 0 Å². The second kappa shape index (κ2) is 6.15. The molecule has 0 amide bonds. The second-order valence-corrected chi connectivity index (χ2v) is 4.10. The van der Waals surface area contributed by atoms with E-state index in [0.29, 0.717) is 17.9 Å². The molecule has 0 N–H and O–H groups in total. The number of aromatic nitrogens is 1. The molecule has 0 atom stereocenters. The SMILES string of the molecule is O=[N+]([O-])c1ccc(OCc2cccnc2)c(CCl)c1. The van der Waals surface area contributed by atoms with E-state index in [1.165, 1.54) is 12.1 Å². The van der Waals surface area contributed by atoms with Crippen LogP contribution in [0.3, 0.4) is 0 Å². The molecule has 1 heterocycles. The summed E-state index contributed by atoms with van der Waals surface area (Å²) in [5, 5.41) is 10.7. The van der Waals surface area contributed by atoms with E-state index in [-0.39, 0.29) is 11.6 Å². The van der Waals surface area contributed by atoms with E-state index < -0.39 is 4.92 Å². The number of halogens is 1. The van der Waals surface area contributed by atoms with Crippen LogP contribution in [0.4, 0.5) is 5.69 Å². The molecule has 2 rings (SSSR count). The monoisotopic (exact) mass is 278 g/mol. The molecule has 19 heavy (non-hydrogen) atoms. The fourth-order valence-electron chi connectivity index (χ4n) is 1.57. The number of rotatable bonds is 5. The number of benzene rings is 1. The number of non-ortho nitro benzene ring substituents is 1. The molecule has 0 fully saturated rings. The Bertz CT molecular complexity index is 575. The van der Waals surface area contributed by atoms with Gasteiger partial charge in [-0.2, -0.15) is 0 Å². The Labute approximate surface area is 115 Å². The van der Waals surface area contributed by atoms with Crippen molar-refractivity contribution in [2.75, 3.05) is 0 Å². The van der Waals surface area contributed by atoms with Crippen molar-refractivity contribution in [1.29, 1.82) is 0 Å². The molecule has 0 aliphatic rings. The van der Waals surface area contributed by atoms with Crippen LogP contribution >= 0.6 is 11.6 Å². The van der Waals surface area contributed by atoms with Crippen LogP contribution < -0.4 is 4.74 Å². The van der Waals surface area contributed by atoms with Gasteiger partial charge in [-0.1, -0.05) is 6.07 Å². The number of ether oxygens (including phenoxy) is 1. The molecule has 6 heteroatoms. The molecule has 2 aromatic rings. The van der Waals surface area contributed by atoms with Gasteiger partial charge in [0.1, 0.15) is 12.4 Å². The Morgan fingerprint density at radius 2 is 2.21 bits per heavy atom. The number of alkyl halides is 1. The highest BCUT2D eigenvalue weighted by Gasteiger charge is 2.11. The predicted octanol–water partition coefficient (Wildman–Crippen LogP) is 3.31. The summed E-state index contributed by atoms with van der Waals surface area (Å²) in [4.78, 5) is 14.2. The van der Waals surface area contributed by atoms with Gasteiger partial charge in [-0.15, -0.1) is 11.6 Å². The maximum atomic E-state index is 10.7. The summed E-state index contributed by atoms with van der Waals surface area (Å²) in [5.74, 6) is 0.703. The molecule has 1 aromatic heterocycles. The van der Waals surface area contributed by atoms with Crippen molar-refractivity contribution < 1.29 is 9.66 Å². The Hall–Kier alpha value is -2.14. The molecule has 5 nitrogen and oxygen atoms in total. The standard InChI is InChI=1S/C13H11ClN2O3/c14-7-11-6-12(16(17)18)3-4-13(11)19-9-10-2-1-5-15-8-10/h1-6,8H,7,9H2. The van der Waals surface area contributed by atoms with Gasteiger partial charge in [-0.3, -0.25) is 15.1 Å². The molecule has 0 aliphatic carbocycles. The van der Waals surface area contributed by atoms with Crippen LogP contribution in [0.5, 0.6) is 5.75 Å². The van der Waals surface area contributed by atoms with Crippen LogP contribution in [0.15, 0.2) is 42.7 Å². The van der Waals surface area contributed by atoms with Crippen LogP contribution in [0.25, 0.3) is 0 Å². The van der Waals surface area contributed by atoms with Crippen molar-refractivity contribution >= 4 is 17.3 Å². The molecule has 0 saturated heterocycles. The average molecular weight is 279 g/mol. The minimum absolute atomic E-state index is 0.00405. The largest absolute Gasteiger partial charge is 0.489 e. The summed E-state index contributed by atoms with van der Waals surface area (Å²) in [5.41, 5.74) is 1.52. The number of pyridine rings is 1. The molecule has 0 saturated carbocycles. The topological polar surface area (TPSA) is 65.3 Å². The van der Waals surface area contributed by atoms with Crippen molar-refractivity contribution in [3.05, 3.63) is 64.0 Å². The fourth-order valence-corrected chi connectivity index (χ4v) is 1.78. The van der Waals surface area contributed by atoms with Gasteiger partial charge in [0.05, 0.1) is 10.8 Å². The van der Waals surface area contributed by atoms with Gasteiger partial charge in [-0.05, 0) is 12.1 Å². The zero-order valence-corrected chi connectivity index (χ0v) is 10.7. The van der Waals surface area contributed by atoms with Gasteiger partial charge >= 0.3 is 0 Å². The third kappa shape index (κ3) is 3.42. The Morgan fingerprint density at radius 1 is 1.37 bits per heavy atom. The van der Waals surface area contributed by atoms with Crippen LogP contribution in [0.2, 0.25) is 0 Å². The normalized spacial score (nSPS) is 10.2. The minimum Gasteiger partial charge on any atom is -0.489 e. The number of hydrogen-bond donors (Lipinski definition) is 0. The number of nitro groups is 1. The molecule has 98 valence electrons. The summed E-state index contributed by atoms with van der Waals surface area (Å²) >= 11 is 5.78. The lowest BCUT2D eigenvalue weighted by Crippen LogP contribution is -1.99. The van der Waals surface area contributed by atoms with Gasteiger partial charge in [0.2, 0.25) is 0 Å². The highest BCUT2D eigenvalue weighted by atomic mass is 35.5. The number of hydrogen-bond acceptors (Lipinski definition) is 4. The predicted molar refractivity (Wildman–Crippen MR) is 71.2 cm³/mol. The Morgan fingerprint density at radius 3 is 2.84 bits per heavy atom.